The van der Waals surface area contributed by atoms with Gasteiger partial charge in [0.05, 0.1) is 5.56 Å². The zero-order chi connectivity index (χ0) is 16.4. The molecule has 120 valence electrons. The van der Waals surface area contributed by atoms with Crippen LogP contribution in [0.5, 0.6) is 0 Å². The maximum Gasteiger partial charge on any atom is 0.255 e. The van der Waals surface area contributed by atoms with E-state index in [-0.39, 0.29) is 11.8 Å². The Bertz CT molecular complexity index is 710. The lowest BCUT2D eigenvalue weighted by Gasteiger charge is -2.34. The van der Waals surface area contributed by atoms with E-state index in [1.165, 1.54) is 0 Å². The van der Waals surface area contributed by atoms with Gasteiger partial charge >= 0.3 is 0 Å². The van der Waals surface area contributed by atoms with Gasteiger partial charge in [0.1, 0.15) is 0 Å². The summed E-state index contributed by atoms with van der Waals surface area (Å²) in [5.41, 5.74) is 2.55. The van der Waals surface area contributed by atoms with Crippen molar-refractivity contribution in [3.63, 3.8) is 0 Å². The molecule has 1 aliphatic heterocycles. The molecule has 0 unspecified atom stereocenters. The lowest BCUT2D eigenvalue weighted by atomic mass is 10.1. The molecule has 1 aromatic heterocycles. The number of nitrogens with zero attached hydrogens (tertiary/aromatic N) is 3. The second-order valence-corrected chi connectivity index (χ2v) is 6.02. The van der Waals surface area contributed by atoms with Gasteiger partial charge in [-0.2, -0.15) is 0 Å². The topological polar surface area (TPSA) is 45.6 Å². The molecule has 1 fully saturated rings. The number of hydrogen-bond acceptors (Lipinski definition) is 2. The number of hydrogen-bond donors (Lipinski definition) is 0. The minimum atomic E-state index is 0.0352. The van der Waals surface area contributed by atoms with Gasteiger partial charge in [-0.3, -0.25) is 9.59 Å². The second-order valence-electron chi connectivity index (χ2n) is 6.02. The highest BCUT2D eigenvalue weighted by Gasteiger charge is 2.25. The number of rotatable bonds is 2. The summed E-state index contributed by atoms with van der Waals surface area (Å²) in [6.07, 6.45) is 3.69. The first-order valence-corrected chi connectivity index (χ1v) is 7.82. The molecule has 0 spiro atoms. The first-order valence-electron chi connectivity index (χ1n) is 7.82. The summed E-state index contributed by atoms with van der Waals surface area (Å²) >= 11 is 0. The summed E-state index contributed by atoms with van der Waals surface area (Å²) in [5, 5.41) is 0. The van der Waals surface area contributed by atoms with Gasteiger partial charge in [-0.15, -0.1) is 0 Å². The highest BCUT2D eigenvalue weighted by atomic mass is 16.2. The van der Waals surface area contributed by atoms with E-state index in [0.717, 1.165) is 5.56 Å². The molecule has 0 atom stereocenters. The fourth-order valence-electron chi connectivity index (χ4n) is 2.80. The Morgan fingerprint density at radius 1 is 0.826 bits per heavy atom. The van der Waals surface area contributed by atoms with Gasteiger partial charge in [0.15, 0.2) is 0 Å². The molecule has 23 heavy (non-hydrogen) atoms. The van der Waals surface area contributed by atoms with Gasteiger partial charge in [0.25, 0.3) is 11.8 Å². The average molecular weight is 311 g/mol. The lowest BCUT2D eigenvalue weighted by molar-refractivity contribution is 0.0535. The summed E-state index contributed by atoms with van der Waals surface area (Å²) < 4.78 is 1.87. The standard InChI is InChI=1S/C18H21N3O2/c1-14-3-5-15(6-4-14)17(22)20-9-11-21(12-10-20)18(23)16-7-8-19(2)13-16/h3-8,13H,9-12H2,1-2H3. The Balaban J connectivity index is 1.61. The van der Waals surface area contributed by atoms with E-state index in [9.17, 15) is 9.59 Å². The number of carbonyl (C=O) groups excluding carboxylic acids is 2. The van der Waals surface area contributed by atoms with Crippen LogP contribution >= 0.6 is 0 Å². The number of benzene rings is 1. The molecule has 2 aromatic rings. The van der Waals surface area contributed by atoms with Crippen LogP contribution in [0.3, 0.4) is 0 Å². The average Bonchev–Trinajstić information content (AvgIpc) is 3.01. The number of carbonyl (C=O) groups is 2. The highest BCUT2D eigenvalue weighted by Crippen LogP contribution is 2.12. The third-order valence-electron chi connectivity index (χ3n) is 4.23. The van der Waals surface area contributed by atoms with E-state index in [2.05, 4.69) is 0 Å². The zero-order valence-electron chi connectivity index (χ0n) is 13.5. The van der Waals surface area contributed by atoms with Gasteiger partial charge in [0, 0.05) is 51.2 Å². The Morgan fingerprint density at radius 3 is 1.83 bits per heavy atom. The maximum absolute atomic E-state index is 12.5. The first kappa shape index (κ1) is 15.3. The maximum atomic E-state index is 12.5. The van der Waals surface area contributed by atoms with E-state index in [0.29, 0.717) is 37.3 Å². The van der Waals surface area contributed by atoms with Crippen LogP contribution in [0.15, 0.2) is 42.7 Å². The van der Waals surface area contributed by atoms with Crippen molar-refractivity contribution < 1.29 is 9.59 Å². The summed E-state index contributed by atoms with van der Waals surface area (Å²) in [4.78, 5) is 28.5. The third kappa shape index (κ3) is 3.28. The Labute approximate surface area is 136 Å². The zero-order valence-corrected chi connectivity index (χ0v) is 13.5. The third-order valence-corrected chi connectivity index (χ3v) is 4.23. The van der Waals surface area contributed by atoms with Crippen LogP contribution in [-0.2, 0) is 7.05 Å². The molecule has 1 aromatic carbocycles. The van der Waals surface area contributed by atoms with Crippen LogP contribution in [0.25, 0.3) is 0 Å². The minimum absolute atomic E-state index is 0.0352. The predicted octanol–water partition coefficient (Wildman–Crippen LogP) is 1.93. The molecule has 0 aliphatic carbocycles. The summed E-state index contributed by atoms with van der Waals surface area (Å²) in [6.45, 7) is 4.30. The molecule has 0 radical (unpaired) electrons. The van der Waals surface area contributed by atoms with Crippen LogP contribution in [0.2, 0.25) is 0 Å². The molecular weight excluding hydrogens is 290 g/mol. The van der Waals surface area contributed by atoms with E-state index < -0.39 is 0 Å². The Hall–Kier alpha value is -2.56. The van der Waals surface area contributed by atoms with Crippen molar-refractivity contribution in [1.29, 1.82) is 0 Å². The minimum Gasteiger partial charge on any atom is -0.356 e. The van der Waals surface area contributed by atoms with Crippen LogP contribution in [0, 0.1) is 6.92 Å². The molecule has 0 N–H and O–H groups in total. The van der Waals surface area contributed by atoms with Crippen LogP contribution in [-0.4, -0.2) is 52.4 Å². The number of piperazine rings is 1. The molecule has 2 amide bonds. The number of aryl methyl sites for hydroxylation is 2. The van der Waals surface area contributed by atoms with Crippen molar-refractivity contribution in [2.45, 2.75) is 6.92 Å². The SMILES string of the molecule is Cc1ccc(C(=O)N2CCN(C(=O)c3ccn(C)c3)CC2)cc1. The summed E-state index contributed by atoms with van der Waals surface area (Å²) in [6, 6.07) is 9.44. The van der Waals surface area contributed by atoms with Gasteiger partial charge in [-0.1, -0.05) is 17.7 Å². The summed E-state index contributed by atoms with van der Waals surface area (Å²) in [7, 11) is 1.90. The van der Waals surface area contributed by atoms with E-state index in [4.69, 9.17) is 0 Å². The Kier molecular flexibility index (Phi) is 4.19. The van der Waals surface area contributed by atoms with Crippen LogP contribution in [0.4, 0.5) is 0 Å². The largest absolute Gasteiger partial charge is 0.356 e. The van der Waals surface area contributed by atoms with Crippen molar-refractivity contribution in [2.24, 2.45) is 7.05 Å². The molecule has 3 rings (SSSR count). The van der Waals surface area contributed by atoms with E-state index in [1.54, 1.807) is 0 Å². The van der Waals surface area contributed by atoms with Crippen molar-refractivity contribution >= 4 is 11.8 Å². The van der Waals surface area contributed by atoms with Gasteiger partial charge in [-0.05, 0) is 25.1 Å². The lowest BCUT2D eigenvalue weighted by Crippen LogP contribution is -2.50. The molecule has 2 heterocycles. The van der Waals surface area contributed by atoms with Crippen molar-refractivity contribution in [3.05, 3.63) is 59.4 Å². The van der Waals surface area contributed by atoms with Gasteiger partial charge in [0.2, 0.25) is 0 Å². The fourth-order valence-corrected chi connectivity index (χ4v) is 2.80. The van der Waals surface area contributed by atoms with E-state index in [1.807, 2.05) is 71.1 Å². The molecule has 0 bridgehead atoms. The quantitative estimate of drug-likeness (QED) is 0.851. The predicted molar refractivity (Wildman–Crippen MR) is 88.4 cm³/mol. The summed E-state index contributed by atoms with van der Waals surface area (Å²) in [5.74, 6) is 0.0739. The molecule has 5 heteroatoms. The normalized spacial score (nSPS) is 14.9. The molecule has 1 aliphatic rings. The van der Waals surface area contributed by atoms with Gasteiger partial charge < -0.3 is 14.4 Å². The highest BCUT2D eigenvalue weighted by molar-refractivity contribution is 5.96. The molecule has 5 nitrogen and oxygen atoms in total. The van der Waals surface area contributed by atoms with Crippen LogP contribution < -0.4 is 0 Å². The molecular formula is C18H21N3O2. The van der Waals surface area contributed by atoms with Crippen molar-refractivity contribution in [2.75, 3.05) is 26.2 Å². The Morgan fingerprint density at radius 2 is 1.35 bits per heavy atom. The van der Waals surface area contributed by atoms with E-state index >= 15 is 0 Å². The number of aromatic nitrogens is 1. The van der Waals surface area contributed by atoms with Crippen LogP contribution in [0.1, 0.15) is 26.3 Å². The first-order chi connectivity index (χ1) is 11.0. The second kappa shape index (κ2) is 6.28. The van der Waals surface area contributed by atoms with Crippen molar-refractivity contribution in [3.8, 4) is 0 Å². The molecule has 0 saturated carbocycles. The fraction of sp³-hybridized carbons (Fsp3) is 0.333. The molecule has 1 saturated heterocycles. The smallest absolute Gasteiger partial charge is 0.255 e. The van der Waals surface area contributed by atoms with Gasteiger partial charge in [-0.25, -0.2) is 0 Å². The number of amides is 2. The van der Waals surface area contributed by atoms with Crippen molar-refractivity contribution in [1.82, 2.24) is 14.4 Å². The monoisotopic (exact) mass is 311 g/mol.